The number of hydrazine groups is 1. The average Bonchev–Trinajstić information content (AvgIpc) is 2.32. The van der Waals surface area contributed by atoms with Crippen LogP contribution >= 0.6 is 15.9 Å². The molecule has 0 aliphatic rings. The van der Waals surface area contributed by atoms with Crippen LogP contribution in [0.2, 0.25) is 0 Å². The van der Waals surface area contributed by atoms with Crippen molar-refractivity contribution in [2.75, 3.05) is 17.3 Å². The number of nitrogens with one attached hydrogen (secondary N) is 2. The summed E-state index contributed by atoms with van der Waals surface area (Å²) in [5.41, 5.74) is 1.96. The Morgan fingerprint density at radius 1 is 1.62 bits per heavy atom. The monoisotopic (exact) mass is 289 g/mol. The van der Waals surface area contributed by atoms with Crippen LogP contribution in [0.25, 0.3) is 0 Å². The number of aliphatic hydroxyl groups excluding tert-OH is 1. The highest BCUT2D eigenvalue weighted by Gasteiger charge is 2.22. The first-order valence-corrected chi connectivity index (χ1v) is 5.72. The minimum Gasteiger partial charge on any atom is -0.394 e. The lowest BCUT2D eigenvalue weighted by molar-refractivity contribution is 0.218. The summed E-state index contributed by atoms with van der Waals surface area (Å²) in [6.07, 6.45) is 2.36. The Labute approximate surface area is 103 Å². The zero-order valence-corrected chi connectivity index (χ0v) is 10.9. The Morgan fingerprint density at radius 2 is 2.31 bits per heavy atom. The number of hydrogen-bond acceptors (Lipinski definition) is 6. The maximum absolute atomic E-state index is 9.30. The molecular formula is C9H16BrN5O. The standard InChI is InChI=1S/C9H16BrN5O/c1-3-9(2,5-16)14-7-6(10)4-12-8(13-7)15-11/h4,16H,3,5,11H2,1-2H3,(H2,12,13,14,15). The van der Waals surface area contributed by atoms with E-state index < -0.39 is 5.54 Å². The smallest absolute Gasteiger partial charge is 0.239 e. The summed E-state index contributed by atoms with van der Waals surface area (Å²) in [5.74, 6) is 6.15. The second kappa shape index (κ2) is 5.42. The van der Waals surface area contributed by atoms with Crippen molar-refractivity contribution in [3.05, 3.63) is 10.7 Å². The molecule has 1 aromatic heterocycles. The molecule has 90 valence electrons. The molecule has 1 heterocycles. The average molecular weight is 290 g/mol. The summed E-state index contributed by atoms with van der Waals surface area (Å²) in [6, 6.07) is 0. The lowest BCUT2D eigenvalue weighted by Gasteiger charge is -2.28. The van der Waals surface area contributed by atoms with Crippen LogP contribution in [0, 0.1) is 0 Å². The van der Waals surface area contributed by atoms with Crippen LogP contribution in [0.4, 0.5) is 11.8 Å². The van der Waals surface area contributed by atoms with E-state index in [9.17, 15) is 5.11 Å². The molecule has 5 N–H and O–H groups in total. The molecule has 1 rings (SSSR count). The highest BCUT2D eigenvalue weighted by atomic mass is 79.9. The van der Waals surface area contributed by atoms with Crippen LogP contribution in [0.15, 0.2) is 10.7 Å². The Hall–Kier alpha value is -0.920. The quantitative estimate of drug-likeness (QED) is 0.479. The van der Waals surface area contributed by atoms with Crippen molar-refractivity contribution >= 4 is 27.7 Å². The van der Waals surface area contributed by atoms with Crippen molar-refractivity contribution in [1.82, 2.24) is 9.97 Å². The van der Waals surface area contributed by atoms with E-state index >= 15 is 0 Å². The summed E-state index contributed by atoms with van der Waals surface area (Å²) in [5, 5.41) is 12.5. The van der Waals surface area contributed by atoms with Crippen molar-refractivity contribution in [2.24, 2.45) is 5.84 Å². The Balaban J connectivity index is 2.95. The van der Waals surface area contributed by atoms with Crippen molar-refractivity contribution in [3.63, 3.8) is 0 Å². The topological polar surface area (TPSA) is 96.1 Å². The van der Waals surface area contributed by atoms with Crippen molar-refractivity contribution in [2.45, 2.75) is 25.8 Å². The van der Waals surface area contributed by atoms with Gasteiger partial charge in [-0.15, -0.1) is 0 Å². The SMILES string of the molecule is CCC(C)(CO)Nc1nc(NN)ncc1Br. The molecule has 0 spiro atoms. The zero-order valence-electron chi connectivity index (χ0n) is 9.29. The van der Waals surface area contributed by atoms with Gasteiger partial charge in [0.25, 0.3) is 0 Å². The molecule has 0 bridgehead atoms. The molecule has 1 atom stereocenters. The summed E-state index contributed by atoms with van der Waals surface area (Å²) >= 11 is 3.33. The fraction of sp³-hybridized carbons (Fsp3) is 0.556. The van der Waals surface area contributed by atoms with E-state index in [0.29, 0.717) is 11.8 Å². The summed E-state index contributed by atoms with van der Waals surface area (Å²) in [4.78, 5) is 8.10. The minimum absolute atomic E-state index is 0.0192. The van der Waals surface area contributed by atoms with Crippen LogP contribution in [0.1, 0.15) is 20.3 Å². The molecule has 0 amide bonds. The lowest BCUT2D eigenvalue weighted by atomic mass is 10.0. The Kier molecular flexibility index (Phi) is 4.45. The largest absolute Gasteiger partial charge is 0.394 e. The summed E-state index contributed by atoms with van der Waals surface area (Å²) in [7, 11) is 0. The molecule has 0 aromatic carbocycles. The van der Waals surface area contributed by atoms with E-state index in [1.807, 2.05) is 13.8 Å². The van der Waals surface area contributed by atoms with Crippen LogP contribution < -0.4 is 16.6 Å². The Bertz CT molecular complexity index is 356. The molecular weight excluding hydrogens is 274 g/mol. The first kappa shape index (κ1) is 13.1. The second-order valence-corrected chi connectivity index (χ2v) is 4.59. The van der Waals surface area contributed by atoms with Gasteiger partial charge in [-0.05, 0) is 29.3 Å². The number of halogens is 1. The number of aliphatic hydroxyl groups is 1. The van der Waals surface area contributed by atoms with Gasteiger partial charge in [-0.2, -0.15) is 4.98 Å². The molecule has 0 radical (unpaired) electrons. The molecule has 0 saturated heterocycles. The van der Waals surface area contributed by atoms with Gasteiger partial charge in [0.2, 0.25) is 5.95 Å². The van der Waals surface area contributed by atoms with Gasteiger partial charge in [0.1, 0.15) is 5.82 Å². The van der Waals surface area contributed by atoms with E-state index in [4.69, 9.17) is 5.84 Å². The van der Waals surface area contributed by atoms with Gasteiger partial charge in [0.05, 0.1) is 16.6 Å². The van der Waals surface area contributed by atoms with Crippen molar-refractivity contribution < 1.29 is 5.11 Å². The number of aromatic nitrogens is 2. The van der Waals surface area contributed by atoms with E-state index in [1.54, 1.807) is 6.20 Å². The minimum atomic E-state index is -0.414. The van der Waals surface area contributed by atoms with Crippen LogP contribution in [-0.4, -0.2) is 27.2 Å². The molecule has 7 heteroatoms. The summed E-state index contributed by atoms with van der Waals surface area (Å²) in [6.45, 7) is 3.92. The van der Waals surface area contributed by atoms with Gasteiger partial charge in [-0.3, -0.25) is 5.43 Å². The lowest BCUT2D eigenvalue weighted by Crippen LogP contribution is -2.38. The number of nitrogens with zero attached hydrogens (tertiary/aromatic N) is 2. The fourth-order valence-corrected chi connectivity index (χ4v) is 1.34. The molecule has 0 aliphatic heterocycles. The van der Waals surface area contributed by atoms with Crippen LogP contribution in [0.5, 0.6) is 0 Å². The molecule has 1 aromatic rings. The van der Waals surface area contributed by atoms with E-state index in [-0.39, 0.29) is 6.61 Å². The maximum Gasteiger partial charge on any atom is 0.239 e. The molecule has 0 fully saturated rings. The molecule has 0 aliphatic carbocycles. The third kappa shape index (κ3) is 3.03. The van der Waals surface area contributed by atoms with Gasteiger partial charge < -0.3 is 10.4 Å². The summed E-state index contributed by atoms with van der Waals surface area (Å²) < 4.78 is 0.722. The van der Waals surface area contributed by atoms with Crippen LogP contribution in [-0.2, 0) is 0 Å². The van der Waals surface area contributed by atoms with Crippen molar-refractivity contribution in [3.8, 4) is 0 Å². The van der Waals surface area contributed by atoms with Gasteiger partial charge in [0, 0.05) is 6.20 Å². The van der Waals surface area contributed by atoms with Gasteiger partial charge in [0.15, 0.2) is 0 Å². The van der Waals surface area contributed by atoms with E-state index in [2.05, 4.69) is 36.6 Å². The van der Waals surface area contributed by atoms with Gasteiger partial charge in [-0.25, -0.2) is 10.8 Å². The number of nitrogen functional groups attached to an aromatic ring is 1. The molecule has 6 nitrogen and oxygen atoms in total. The highest BCUT2D eigenvalue weighted by Crippen LogP contribution is 2.24. The Morgan fingerprint density at radius 3 is 2.81 bits per heavy atom. The van der Waals surface area contributed by atoms with Crippen molar-refractivity contribution in [1.29, 1.82) is 0 Å². The van der Waals surface area contributed by atoms with E-state index in [0.717, 1.165) is 10.9 Å². The number of rotatable bonds is 5. The number of anilines is 2. The number of nitrogens with two attached hydrogens (primary N) is 1. The fourth-order valence-electron chi connectivity index (χ4n) is 1.05. The maximum atomic E-state index is 9.30. The third-order valence-corrected chi connectivity index (χ3v) is 3.00. The highest BCUT2D eigenvalue weighted by molar-refractivity contribution is 9.10. The first-order valence-electron chi connectivity index (χ1n) is 4.93. The van der Waals surface area contributed by atoms with E-state index in [1.165, 1.54) is 0 Å². The zero-order chi connectivity index (χ0) is 12.2. The van der Waals surface area contributed by atoms with Gasteiger partial charge in [-0.1, -0.05) is 6.92 Å². The molecule has 0 saturated carbocycles. The third-order valence-electron chi connectivity index (χ3n) is 2.42. The number of hydrogen-bond donors (Lipinski definition) is 4. The van der Waals surface area contributed by atoms with Gasteiger partial charge >= 0.3 is 0 Å². The van der Waals surface area contributed by atoms with Crippen LogP contribution in [0.3, 0.4) is 0 Å². The predicted octanol–water partition coefficient (Wildman–Crippen LogP) is 1.10. The molecule has 1 unspecified atom stereocenters. The molecule has 16 heavy (non-hydrogen) atoms. The predicted molar refractivity (Wildman–Crippen MR) is 66.9 cm³/mol. The normalized spacial score (nSPS) is 14.3. The first-order chi connectivity index (χ1) is 7.54. The second-order valence-electron chi connectivity index (χ2n) is 3.73.